The number of hydrogen-bond acceptors (Lipinski definition) is 1. The maximum absolute atomic E-state index is 8.20. The SMILES string of the molecule is CC(C)(C)C1=C2C(C(C)(C)C)=C(C(C)(C)C)[Si]2(O[Si](C)(C)C(C)(C)C)C([Si](C)(C)C(C)(C)C)=C1C(C)(C)C. The molecule has 2 aliphatic heterocycles. The van der Waals surface area contributed by atoms with Gasteiger partial charge in [0, 0.05) is 0 Å². The number of hydrogen-bond donors (Lipinski definition) is 0. The van der Waals surface area contributed by atoms with Crippen molar-refractivity contribution in [3.05, 3.63) is 31.9 Å². The van der Waals surface area contributed by atoms with Gasteiger partial charge in [-0.05, 0) is 71.9 Å². The highest BCUT2D eigenvalue weighted by Crippen LogP contribution is 2.70. The minimum atomic E-state index is -2.65. The van der Waals surface area contributed by atoms with Crippen molar-refractivity contribution in [2.45, 2.75) is 161 Å². The van der Waals surface area contributed by atoms with E-state index >= 15 is 0 Å². The first-order valence-electron chi connectivity index (χ1n) is 15.2. The molecule has 220 valence electrons. The molecule has 4 heteroatoms. The fourth-order valence-corrected chi connectivity index (χ4v) is 24.8. The molecule has 0 spiro atoms. The van der Waals surface area contributed by atoms with E-state index in [1.54, 1.807) is 27.1 Å². The molecule has 0 aromatic carbocycles. The van der Waals surface area contributed by atoms with Crippen LogP contribution in [0.1, 0.15) is 125 Å². The topological polar surface area (TPSA) is 9.23 Å². The molecule has 0 aromatic heterocycles. The Balaban J connectivity index is 3.45. The van der Waals surface area contributed by atoms with Crippen molar-refractivity contribution in [2.24, 2.45) is 21.7 Å². The number of allylic oxidation sites excluding steroid dienone is 5. The second-order valence-electron chi connectivity index (χ2n) is 19.7. The summed E-state index contributed by atoms with van der Waals surface area (Å²) in [4.78, 5) is 1.83. The highest BCUT2D eigenvalue weighted by Gasteiger charge is 2.71. The summed E-state index contributed by atoms with van der Waals surface area (Å²) in [5.41, 5.74) is 5.21. The molecule has 38 heavy (non-hydrogen) atoms. The van der Waals surface area contributed by atoms with Gasteiger partial charge in [0.15, 0.2) is 8.32 Å². The van der Waals surface area contributed by atoms with Gasteiger partial charge in [0.25, 0.3) is 8.32 Å². The molecule has 0 amide bonds. The van der Waals surface area contributed by atoms with Gasteiger partial charge in [-0.15, -0.1) is 0 Å². The van der Waals surface area contributed by atoms with Gasteiger partial charge in [0.05, 0.1) is 8.07 Å². The van der Waals surface area contributed by atoms with Gasteiger partial charge >= 0.3 is 0 Å². The maximum atomic E-state index is 8.20. The molecule has 0 aliphatic carbocycles. The van der Waals surface area contributed by atoms with Gasteiger partial charge in [-0.1, -0.05) is 143 Å². The quantitative estimate of drug-likeness (QED) is 0.304. The summed E-state index contributed by atoms with van der Waals surface area (Å²) in [6.45, 7) is 54.8. The molecule has 0 saturated carbocycles. The van der Waals surface area contributed by atoms with E-state index in [0.29, 0.717) is 0 Å². The Morgan fingerprint density at radius 1 is 0.474 bits per heavy atom. The van der Waals surface area contributed by atoms with E-state index in [2.05, 4.69) is 151 Å². The third kappa shape index (κ3) is 5.15. The van der Waals surface area contributed by atoms with Crippen molar-refractivity contribution < 1.29 is 4.12 Å². The van der Waals surface area contributed by atoms with Gasteiger partial charge in [-0.3, -0.25) is 0 Å². The first-order valence-corrected chi connectivity index (χ1v) is 23.0. The summed E-state index contributed by atoms with van der Waals surface area (Å²) in [6, 6.07) is 0. The molecule has 2 heterocycles. The van der Waals surface area contributed by atoms with Gasteiger partial charge in [-0.25, -0.2) is 0 Å². The highest BCUT2D eigenvalue weighted by atomic mass is 28.5. The molecule has 0 radical (unpaired) electrons. The van der Waals surface area contributed by atoms with E-state index < -0.39 is 24.7 Å². The number of fused-ring (bicyclic) bond motifs is 1. The largest absolute Gasteiger partial charge is 0.446 e. The zero-order valence-corrected chi connectivity index (χ0v) is 32.9. The lowest BCUT2D eigenvalue weighted by Crippen LogP contribution is -2.68. The van der Waals surface area contributed by atoms with Crippen LogP contribution in [0.3, 0.4) is 0 Å². The molecule has 1 unspecified atom stereocenters. The Morgan fingerprint density at radius 3 is 1.11 bits per heavy atom. The average Bonchev–Trinajstić information content (AvgIpc) is 2.77. The van der Waals surface area contributed by atoms with Crippen LogP contribution in [-0.2, 0) is 4.12 Å². The van der Waals surface area contributed by atoms with Crippen LogP contribution < -0.4 is 0 Å². The smallest absolute Gasteiger partial charge is 0.267 e. The predicted molar refractivity (Wildman–Crippen MR) is 180 cm³/mol. The van der Waals surface area contributed by atoms with E-state index in [-0.39, 0.29) is 31.7 Å². The molecule has 1 atom stereocenters. The molecule has 0 saturated heterocycles. The monoisotopic (exact) mass is 574 g/mol. The van der Waals surface area contributed by atoms with E-state index in [9.17, 15) is 0 Å². The first-order chi connectivity index (χ1) is 16.2. The highest BCUT2D eigenvalue weighted by molar-refractivity contribution is 7.16. The fourth-order valence-electron chi connectivity index (χ4n) is 6.49. The van der Waals surface area contributed by atoms with Gasteiger partial charge in [0.1, 0.15) is 0 Å². The number of rotatable bonds is 3. The van der Waals surface area contributed by atoms with E-state index in [1.807, 2.05) is 4.82 Å². The Morgan fingerprint density at radius 2 is 0.842 bits per heavy atom. The lowest BCUT2D eigenvalue weighted by Gasteiger charge is -2.60. The molecule has 0 bridgehead atoms. The van der Waals surface area contributed by atoms with Crippen LogP contribution in [0.15, 0.2) is 31.9 Å². The summed E-state index contributed by atoms with van der Waals surface area (Å²) in [5, 5.41) is 3.79. The second kappa shape index (κ2) is 8.91. The Bertz CT molecular complexity index is 1070. The molecular weight excluding hydrogens is 509 g/mol. The van der Waals surface area contributed by atoms with Crippen molar-refractivity contribution in [2.75, 3.05) is 0 Å². The molecule has 1 nitrogen and oxygen atoms in total. The van der Waals surface area contributed by atoms with Crippen molar-refractivity contribution >= 4 is 24.7 Å². The predicted octanol–water partition coefficient (Wildman–Crippen LogP) is 11.7. The Hall–Kier alpha value is -0.169. The van der Waals surface area contributed by atoms with Crippen molar-refractivity contribution in [3.8, 4) is 0 Å². The Kier molecular flexibility index (Phi) is 7.98. The third-order valence-corrected chi connectivity index (χ3v) is 28.9. The van der Waals surface area contributed by atoms with E-state index in [1.165, 1.54) is 0 Å². The molecule has 0 aromatic rings. The molecule has 2 rings (SSSR count). The lowest BCUT2D eigenvalue weighted by atomic mass is 9.70. The van der Waals surface area contributed by atoms with Crippen molar-refractivity contribution in [3.63, 3.8) is 0 Å². The molecule has 2 aliphatic rings. The minimum absolute atomic E-state index is 0.0526. The lowest BCUT2D eigenvalue weighted by molar-refractivity contribution is 0.413. The Labute approximate surface area is 242 Å². The summed E-state index contributed by atoms with van der Waals surface area (Å²) in [5.74, 6) is 0. The van der Waals surface area contributed by atoms with Crippen LogP contribution in [0.4, 0.5) is 0 Å². The van der Waals surface area contributed by atoms with Crippen LogP contribution in [0.5, 0.6) is 0 Å². The van der Waals surface area contributed by atoms with Crippen LogP contribution in [0.2, 0.25) is 36.3 Å². The van der Waals surface area contributed by atoms with Crippen LogP contribution in [0.25, 0.3) is 0 Å². The zero-order chi connectivity index (χ0) is 30.7. The maximum Gasteiger partial charge on any atom is 0.267 e. The van der Waals surface area contributed by atoms with E-state index in [0.717, 1.165) is 0 Å². The van der Waals surface area contributed by atoms with Gasteiger partial charge in [0.2, 0.25) is 0 Å². The van der Waals surface area contributed by atoms with Crippen LogP contribution >= 0.6 is 0 Å². The minimum Gasteiger partial charge on any atom is -0.446 e. The summed E-state index contributed by atoms with van der Waals surface area (Å²) in [6.07, 6.45) is 0. The van der Waals surface area contributed by atoms with Crippen LogP contribution in [0, 0.1) is 21.7 Å². The third-order valence-electron chi connectivity index (χ3n) is 10.0. The molecular formula is C34H66OSi3. The summed E-state index contributed by atoms with van der Waals surface area (Å²) in [7, 11) is -6.76. The average molecular weight is 575 g/mol. The zero-order valence-electron chi connectivity index (χ0n) is 29.9. The van der Waals surface area contributed by atoms with E-state index in [4.69, 9.17) is 4.12 Å². The first kappa shape index (κ1) is 34.0. The summed E-state index contributed by atoms with van der Waals surface area (Å²) < 4.78 is 8.20. The molecule has 0 fully saturated rings. The van der Waals surface area contributed by atoms with Gasteiger partial charge in [-0.2, -0.15) is 0 Å². The second-order valence-corrected chi connectivity index (χ2v) is 33.6. The fraction of sp³-hybridized carbons (Fsp3) is 0.824. The normalized spacial score (nSPS) is 22.9. The summed E-state index contributed by atoms with van der Waals surface area (Å²) >= 11 is 0. The van der Waals surface area contributed by atoms with Crippen LogP contribution in [-0.4, -0.2) is 24.7 Å². The van der Waals surface area contributed by atoms with Gasteiger partial charge < -0.3 is 4.12 Å². The van der Waals surface area contributed by atoms with Crippen molar-refractivity contribution in [1.29, 1.82) is 0 Å². The standard InChI is InChI=1S/C34H66OSi3/c1-29(2,3)23-24(30(4,5)6)28(36(19,20)33(13,14)15)38(35-37(21,22)34(16,17)18)26(23)25(31(7,8)9)27(38)32(10,11)12/h1-22H3. The molecule has 0 N–H and O–H groups in total. The van der Waals surface area contributed by atoms with Crippen molar-refractivity contribution in [1.82, 2.24) is 0 Å².